The number of nitrogens with zero attached hydrogens (tertiary/aromatic N) is 1. The molecule has 0 spiro atoms. The summed E-state index contributed by atoms with van der Waals surface area (Å²) >= 11 is 8.64. The first kappa shape index (κ1) is 21.7. The van der Waals surface area contributed by atoms with E-state index >= 15 is 0 Å². The Hall–Kier alpha value is -1.05. The van der Waals surface area contributed by atoms with E-state index in [0.717, 1.165) is 40.5 Å². The zero-order valence-corrected chi connectivity index (χ0v) is 19.5. The largest absolute Gasteiger partial charge is 0.492 e. The van der Waals surface area contributed by atoms with Gasteiger partial charge in [0.15, 0.2) is 5.43 Å². The number of halogens is 2. The second kappa shape index (κ2) is 9.63. The van der Waals surface area contributed by atoms with E-state index in [0.29, 0.717) is 35.9 Å². The highest BCUT2D eigenvalue weighted by atomic mass is 127. The van der Waals surface area contributed by atoms with Crippen molar-refractivity contribution in [3.63, 3.8) is 0 Å². The Morgan fingerprint density at radius 3 is 2.82 bits per heavy atom. The van der Waals surface area contributed by atoms with Crippen molar-refractivity contribution < 1.29 is 9.47 Å². The molecule has 152 valence electrons. The zero-order chi connectivity index (χ0) is 20.3. The molecule has 2 aromatic rings. The van der Waals surface area contributed by atoms with Gasteiger partial charge in [0, 0.05) is 44.0 Å². The van der Waals surface area contributed by atoms with Crippen LogP contribution in [0.5, 0.6) is 5.75 Å². The third kappa shape index (κ3) is 4.57. The van der Waals surface area contributed by atoms with Crippen molar-refractivity contribution in [2.45, 2.75) is 45.6 Å². The predicted octanol–water partition coefficient (Wildman–Crippen LogP) is 5.72. The Kier molecular flexibility index (Phi) is 7.45. The van der Waals surface area contributed by atoms with Crippen LogP contribution in [0.2, 0.25) is 5.02 Å². The van der Waals surface area contributed by atoms with Crippen LogP contribution in [0, 0.1) is 9.49 Å². The van der Waals surface area contributed by atoms with Crippen LogP contribution in [0.15, 0.2) is 29.2 Å². The molecule has 0 amide bonds. The molecule has 0 bridgehead atoms. The van der Waals surface area contributed by atoms with Crippen LogP contribution < -0.4 is 10.2 Å². The Balaban J connectivity index is 2.02. The fraction of sp³-hybridized carbons (Fsp3) is 0.500. The molecule has 0 aliphatic carbocycles. The first-order valence-electron chi connectivity index (χ1n) is 9.82. The van der Waals surface area contributed by atoms with Gasteiger partial charge in [-0.25, -0.2) is 0 Å². The number of fused-ring (bicyclic) bond motifs is 3. The summed E-state index contributed by atoms with van der Waals surface area (Å²) in [5.41, 5.74) is 3.23. The highest BCUT2D eigenvalue weighted by Crippen LogP contribution is 2.42. The van der Waals surface area contributed by atoms with Crippen LogP contribution in [0.25, 0.3) is 11.3 Å². The first-order chi connectivity index (χ1) is 13.5. The van der Waals surface area contributed by atoms with Crippen molar-refractivity contribution in [3.05, 3.63) is 48.8 Å². The first-order valence-corrected chi connectivity index (χ1v) is 11.3. The highest BCUT2D eigenvalue weighted by Gasteiger charge is 2.29. The molecule has 0 radical (unpaired) electrons. The van der Waals surface area contributed by atoms with Gasteiger partial charge in [0.1, 0.15) is 5.75 Å². The summed E-state index contributed by atoms with van der Waals surface area (Å²) in [6.45, 7) is 5.74. The monoisotopic (exact) mass is 515 g/mol. The maximum atomic E-state index is 12.4. The predicted molar refractivity (Wildman–Crippen MR) is 123 cm³/mol. The zero-order valence-electron chi connectivity index (χ0n) is 16.6. The van der Waals surface area contributed by atoms with E-state index in [2.05, 4.69) is 47.1 Å². The van der Waals surface area contributed by atoms with Gasteiger partial charge in [0.05, 0.1) is 20.9 Å². The van der Waals surface area contributed by atoms with E-state index in [4.69, 9.17) is 21.1 Å². The van der Waals surface area contributed by atoms with Gasteiger partial charge in [-0.3, -0.25) is 4.79 Å². The van der Waals surface area contributed by atoms with Gasteiger partial charge in [0.25, 0.3) is 0 Å². The lowest BCUT2D eigenvalue weighted by Crippen LogP contribution is -2.27. The normalized spacial score (nSPS) is 16.4. The Morgan fingerprint density at radius 2 is 2.11 bits per heavy atom. The van der Waals surface area contributed by atoms with Crippen molar-refractivity contribution >= 4 is 34.2 Å². The van der Waals surface area contributed by atoms with Crippen LogP contribution in [-0.4, -0.2) is 24.9 Å². The van der Waals surface area contributed by atoms with Crippen molar-refractivity contribution in [1.82, 2.24) is 4.57 Å². The third-order valence-electron chi connectivity index (χ3n) is 5.41. The molecular formula is C22H27ClINO3. The molecule has 28 heavy (non-hydrogen) atoms. The van der Waals surface area contributed by atoms with Gasteiger partial charge < -0.3 is 14.0 Å². The molecule has 0 saturated heterocycles. The summed E-state index contributed by atoms with van der Waals surface area (Å²) in [6, 6.07) is 6.07. The number of aromatic nitrogens is 1. The summed E-state index contributed by atoms with van der Waals surface area (Å²) < 4.78 is 14.0. The number of hydrogen-bond acceptors (Lipinski definition) is 3. The number of ether oxygens (including phenoxy) is 2. The van der Waals surface area contributed by atoms with Crippen molar-refractivity contribution in [1.29, 1.82) is 0 Å². The van der Waals surface area contributed by atoms with Gasteiger partial charge in [-0.1, -0.05) is 31.9 Å². The summed E-state index contributed by atoms with van der Waals surface area (Å²) in [5.74, 6) is 1.22. The number of methoxy groups -OCH3 is 1. The van der Waals surface area contributed by atoms with Crippen LogP contribution >= 0.6 is 34.2 Å². The molecule has 2 atom stereocenters. The molecule has 0 saturated carbocycles. The molecule has 0 N–H and O–H groups in total. The van der Waals surface area contributed by atoms with Crippen LogP contribution in [0.3, 0.4) is 0 Å². The molecule has 3 rings (SSSR count). The SMILES string of the molecule is CCCC(C)C1Cc2cc(OCCCOC)c(Cl)cc2-c2cc(=O)c(I)cn21. The van der Waals surface area contributed by atoms with Gasteiger partial charge in [-0.15, -0.1) is 0 Å². The summed E-state index contributed by atoms with van der Waals surface area (Å²) in [7, 11) is 1.68. The van der Waals surface area contributed by atoms with Crippen molar-refractivity contribution in [2.75, 3.05) is 20.3 Å². The Morgan fingerprint density at radius 1 is 1.32 bits per heavy atom. The van der Waals surface area contributed by atoms with Crippen molar-refractivity contribution in [3.8, 4) is 17.0 Å². The van der Waals surface area contributed by atoms with Gasteiger partial charge in [0.2, 0.25) is 0 Å². The van der Waals surface area contributed by atoms with Gasteiger partial charge >= 0.3 is 0 Å². The topological polar surface area (TPSA) is 40.5 Å². The maximum Gasteiger partial charge on any atom is 0.195 e. The fourth-order valence-electron chi connectivity index (χ4n) is 3.96. The fourth-order valence-corrected chi connectivity index (χ4v) is 4.63. The molecule has 6 heteroatoms. The van der Waals surface area contributed by atoms with E-state index in [9.17, 15) is 4.79 Å². The molecule has 2 unspecified atom stereocenters. The second-order valence-corrected chi connectivity index (χ2v) is 9.02. The maximum absolute atomic E-state index is 12.4. The van der Waals surface area contributed by atoms with Crippen molar-refractivity contribution in [2.24, 2.45) is 5.92 Å². The Bertz CT molecular complexity index is 896. The number of benzene rings is 1. The number of hydrogen-bond donors (Lipinski definition) is 0. The third-order valence-corrected chi connectivity index (χ3v) is 6.51. The summed E-state index contributed by atoms with van der Waals surface area (Å²) in [6.07, 6.45) is 6.02. The molecule has 1 aromatic carbocycles. The molecular weight excluding hydrogens is 489 g/mol. The lowest BCUT2D eigenvalue weighted by molar-refractivity contribution is 0.172. The van der Waals surface area contributed by atoms with Crippen LogP contribution in [0.4, 0.5) is 0 Å². The number of rotatable bonds is 8. The second-order valence-electron chi connectivity index (χ2n) is 7.45. The lowest BCUT2D eigenvalue weighted by atomic mass is 9.85. The molecule has 1 aliphatic rings. The highest BCUT2D eigenvalue weighted by molar-refractivity contribution is 14.1. The van der Waals surface area contributed by atoms with E-state index in [1.807, 2.05) is 12.3 Å². The quantitative estimate of drug-likeness (QED) is 0.333. The van der Waals surface area contributed by atoms with Gasteiger partial charge in [-0.05, 0) is 59.0 Å². The smallest absolute Gasteiger partial charge is 0.195 e. The number of pyridine rings is 1. The molecule has 0 fully saturated rings. The average molecular weight is 516 g/mol. The molecule has 1 aliphatic heterocycles. The van der Waals surface area contributed by atoms with E-state index < -0.39 is 0 Å². The van der Waals surface area contributed by atoms with E-state index in [-0.39, 0.29) is 5.43 Å². The van der Waals surface area contributed by atoms with E-state index in [1.54, 1.807) is 13.2 Å². The standard InChI is InChI=1S/C22H27ClINO3/c1-4-6-14(2)19-9-15-10-22(28-8-5-7-27-3)17(23)11-16(15)20-12-21(26)18(24)13-25(19)20/h10-14,19H,4-9H2,1-3H3. The summed E-state index contributed by atoms with van der Waals surface area (Å²) in [4.78, 5) is 12.4. The molecule has 1 aromatic heterocycles. The molecule has 2 heterocycles. The minimum atomic E-state index is 0.0533. The van der Waals surface area contributed by atoms with Crippen LogP contribution in [0.1, 0.15) is 44.7 Å². The minimum Gasteiger partial charge on any atom is -0.492 e. The van der Waals surface area contributed by atoms with E-state index in [1.165, 1.54) is 5.56 Å². The Labute approximate surface area is 185 Å². The lowest BCUT2D eigenvalue weighted by Gasteiger charge is -2.35. The molecule has 4 nitrogen and oxygen atoms in total. The van der Waals surface area contributed by atoms with Crippen LogP contribution in [-0.2, 0) is 11.2 Å². The minimum absolute atomic E-state index is 0.0533. The summed E-state index contributed by atoms with van der Waals surface area (Å²) in [5, 5.41) is 0.578. The average Bonchev–Trinajstić information content (AvgIpc) is 2.66. The van der Waals surface area contributed by atoms with Gasteiger partial charge in [-0.2, -0.15) is 0 Å².